The Hall–Kier alpha value is -3.04. The molecule has 0 fully saturated rings. The first-order valence-corrected chi connectivity index (χ1v) is 8.21. The van der Waals surface area contributed by atoms with Gasteiger partial charge in [0.15, 0.2) is 0 Å². The molecule has 0 bridgehead atoms. The molecule has 3 aromatic rings. The minimum absolute atomic E-state index is 0.184. The average Bonchev–Trinajstić information content (AvgIpc) is 3.27. The SMILES string of the molecule is O=C(N[C@@H](CO)C(=O)Nc1nc2ccccc2[nH]1)C(=O)c1cccs1. The van der Waals surface area contributed by atoms with Crippen LogP contribution in [-0.2, 0) is 9.59 Å². The van der Waals surface area contributed by atoms with Crippen LogP contribution in [0.1, 0.15) is 9.67 Å². The minimum Gasteiger partial charge on any atom is -0.394 e. The number of aromatic amines is 1. The van der Waals surface area contributed by atoms with Gasteiger partial charge in [0.05, 0.1) is 22.5 Å². The number of nitrogens with one attached hydrogen (secondary N) is 3. The number of aliphatic hydroxyl groups excluding tert-OH is 1. The Balaban J connectivity index is 1.66. The number of hydrogen-bond donors (Lipinski definition) is 4. The fourth-order valence-electron chi connectivity index (χ4n) is 2.15. The molecule has 1 aromatic carbocycles. The zero-order valence-corrected chi connectivity index (χ0v) is 13.7. The van der Waals surface area contributed by atoms with Gasteiger partial charge in [-0.25, -0.2) is 4.98 Å². The predicted molar refractivity (Wildman–Crippen MR) is 92.4 cm³/mol. The molecule has 0 aliphatic heterocycles. The van der Waals surface area contributed by atoms with Gasteiger partial charge in [0.2, 0.25) is 5.95 Å². The highest BCUT2D eigenvalue weighted by atomic mass is 32.1. The van der Waals surface area contributed by atoms with Gasteiger partial charge in [0, 0.05) is 0 Å². The van der Waals surface area contributed by atoms with Crippen molar-refractivity contribution in [1.29, 1.82) is 0 Å². The predicted octanol–water partition coefficient (Wildman–Crippen LogP) is 0.923. The Labute approximate surface area is 145 Å². The molecule has 0 radical (unpaired) electrons. The molecule has 2 amide bonds. The van der Waals surface area contributed by atoms with E-state index < -0.39 is 30.2 Å². The molecular weight excluding hydrogens is 344 g/mol. The first kappa shape index (κ1) is 16.8. The number of carbonyl (C=O) groups is 3. The Bertz CT molecular complexity index is 886. The Morgan fingerprint density at radius 3 is 2.68 bits per heavy atom. The molecule has 0 saturated carbocycles. The monoisotopic (exact) mass is 358 g/mol. The lowest BCUT2D eigenvalue weighted by molar-refractivity contribution is -0.124. The van der Waals surface area contributed by atoms with Gasteiger partial charge in [0.25, 0.3) is 17.6 Å². The number of ketones is 1. The zero-order valence-electron chi connectivity index (χ0n) is 12.9. The Kier molecular flexibility index (Phi) is 4.87. The van der Waals surface area contributed by atoms with Gasteiger partial charge in [-0.3, -0.25) is 19.7 Å². The summed E-state index contributed by atoms with van der Waals surface area (Å²) in [6.45, 7) is -0.657. The first-order valence-electron chi connectivity index (χ1n) is 7.33. The Morgan fingerprint density at radius 1 is 1.20 bits per heavy atom. The fraction of sp³-hybridized carbons (Fsp3) is 0.125. The van der Waals surface area contributed by atoms with Crippen LogP contribution in [0.25, 0.3) is 11.0 Å². The number of anilines is 1. The van der Waals surface area contributed by atoms with E-state index in [0.29, 0.717) is 5.52 Å². The number of benzene rings is 1. The van der Waals surface area contributed by atoms with Crippen LogP contribution >= 0.6 is 11.3 Å². The van der Waals surface area contributed by atoms with Gasteiger partial charge < -0.3 is 15.4 Å². The molecule has 2 aromatic heterocycles. The van der Waals surface area contributed by atoms with Crippen molar-refractivity contribution in [3.63, 3.8) is 0 Å². The fourth-order valence-corrected chi connectivity index (χ4v) is 2.81. The second kappa shape index (κ2) is 7.24. The van der Waals surface area contributed by atoms with Crippen LogP contribution in [-0.4, -0.2) is 45.3 Å². The van der Waals surface area contributed by atoms with Crippen LogP contribution in [0.3, 0.4) is 0 Å². The third-order valence-electron chi connectivity index (χ3n) is 3.39. The highest BCUT2D eigenvalue weighted by Crippen LogP contribution is 2.13. The van der Waals surface area contributed by atoms with Gasteiger partial charge in [0.1, 0.15) is 6.04 Å². The molecule has 2 heterocycles. The molecular formula is C16H14N4O4S. The molecule has 4 N–H and O–H groups in total. The second-order valence-corrected chi connectivity index (χ2v) is 6.05. The zero-order chi connectivity index (χ0) is 17.8. The standard InChI is InChI=1S/C16H14N4O4S/c21-8-11(17-15(24)13(22)12-6-3-7-25-12)14(23)20-16-18-9-4-1-2-5-10(9)19-16/h1-7,11,21H,8H2,(H,17,24)(H2,18,19,20,23)/t11-/m0/s1. The summed E-state index contributed by atoms with van der Waals surface area (Å²) in [5, 5.41) is 15.7. The molecule has 0 unspecified atom stereocenters. The van der Waals surface area contributed by atoms with E-state index in [2.05, 4.69) is 20.6 Å². The van der Waals surface area contributed by atoms with Crippen LogP contribution in [0.15, 0.2) is 41.8 Å². The molecule has 0 saturated heterocycles. The molecule has 25 heavy (non-hydrogen) atoms. The number of rotatable bonds is 6. The second-order valence-electron chi connectivity index (χ2n) is 5.11. The third kappa shape index (κ3) is 3.73. The summed E-state index contributed by atoms with van der Waals surface area (Å²) in [4.78, 5) is 43.4. The summed E-state index contributed by atoms with van der Waals surface area (Å²) in [6.07, 6.45) is 0. The molecule has 9 heteroatoms. The van der Waals surface area contributed by atoms with E-state index in [1.165, 1.54) is 6.07 Å². The number of amides is 2. The van der Waals surface area contributed by atoms with Crippen molar-refractivity contribution in [2.24, 2.45) is 0 Å². The lowest BCUT2D eigenvalue weighted by Crippen LogP contribution is -2.48. The van der Waals surface area contributed by atoms with Gasteiger partial charge in [-0.15, -0.1) is 11.3 Å². The number of aromatic nitrogens is 2. The molecule has 0 aliphatic rings. The smallest absolute Gasteiger partial charge is 0.293 e. The van der Waals surface area contributed by atoms with Crippen LogP contribution in [0, 0.1) is 0 Å². The topological polar surface area (TPSA) is 124 Å². The lowest BCUT2D eigenvalue weighted by Gasteiger charge is -2.14. The van der Waals surface area contributed by atoms with Crippen molar-refractivity contribution < 1.29 is 19.5 Å². The average molecular weight is 358 g/mol. The van der Waals surface area contributed by atoms with E-state index in [4.69, 9.17) is 0 Å². The number of nitrogens with zero attached hydrogens (tertiary/aromatic N) is 1. The normalized spacial score (nSPS) is 11.9. The highest BCUT2D eigenvalue weighted by Gasteiger charge is 2.25. The number of para-hydroxylation sites is 2. The summed E-state index contributed by atoms with van der Waals surface area (Å²) in [5.74, 6) is -2.22. The molecule has 128 valence electrons. The summed E-state index contributed by atoms with van der Waals surface area (Å²) < 4.78 is 0. The third-order valence-corrected chi connectivity index (χ3v) is 4.26. The van der Waals surface area contributed by atoms with E-state index in [0.717, 1.165) is 16.9 Å². The maximum Gasteiger partial charge on any atom is 0.293 e. The quantitative estimate of drug-likeness (QED) is 0.385. The largest absolute Gasteiger partial charge is 0.394 e. The first-order chi connectivity index (χ1) is 12.1. The van der Waals surface area contributed by atoms with Crippen molar-refractivity contribution >= 4 is 45.9 Å². The maximum absolute atomic E-state index is 12.2. The van der Waals surface area contributed by atoms with Crippen LogP contribution in [0.5, 0.6) is 0 Å². The van der Waals surface area contributed by atoms with Crippen molar-refractivity contribution in [3.05, 3.63) is 46.7 Å². The summed E-state index contributed by atoms with van der Waals surface area (Å²) in [5.41, 5.74) is 1.39. The van der Waals surface area contributed by atoms with Crippen molar-refractivity contribution in [2.45, 2.75) is 6.04 Å². The molecule has 8 nitrogen and oxygen atoms in total. The molecule has 0 spiro atoms. The lowest BCUT2D eigenvalue weighted by atomic mass is 10.2. The summed E-state index contributed by atoms with van der Waals surface area (Å²) >= 11 is 1.12. The number of imidazole rings is 1. The molecule has 1 atom stereocenters. The maximum atomic E-state index is 12.2. The van der Waals surface area contributed by atoms with E-state index in [1.54, 1.807) is 23.6 Å². The number of fused-ring (bicyclic) bond motifs is 1. The van der Waals surface area contributed by atoms with Gasteiger partial charge in [-0.1, -0.05) is 18.2 Å². The minimum atomic E-state index is -1.27. The molecule has 3 rings (SSSR count). The van der Waals surface area contributed by atoms with Crippen molar-refractivity contribution in [1.82, 2.24) is 15.3 Å². The van der Waals surface area contributed by atoms with Gasteiger partial charge >= 0.3 is 0 Å². The molecule has 0 aliphatic carbocycles. The van der Waals surface area contributed by atoms with Crippen LogP contribution < -0.4 is 10.6 Å². The Morgan fingerprint density at radius 2 is 2.00 bits per heavy atom. The summed E-state index contributed by atoms with van der Waals surface area (Å²) in [7, 11) is 0. The number of thiophene rings is 1. The highest BCUT2D eigenvalue weighted by molar-refractivity contribution is 7.13. The van der Waals surface area contributed by atoms with Crippen LogP contribution in [0.2, 0.25) is 0 Å². The summed E-state index contributed by atoms with van der Waals surface area (Å²) in [6, 6.07) is 9.07. The number of hydrogen-bond acceptors (Lipinski definition) is 6. The van der Waals surface area contributed by atoms with Gasteiger partial charge in [-0.2, -0.15) is 0 Å². The number of Topliss-reactive ketones (excluding diaryl/α,β-unsaturated/α-hetero) is 1. The van der Waals surface area contributed by atoms with E-state index in [-0.39, 0.29) is 10.8 Å². The van der Waals surface area contributed by atoms with Gasteiger partial charge in [-0.05, 0) is 23.6 Å². The van der Waals surface area contributed by atoms with E-state index in [1.807, 2.05) is 12.1 Å². The van der Waals surface area contributed by atoms with Crippen LogP contribution in [0.4, 0.5) is 5.95 Å². The van der Waals surface area contributed by atoms with E-state index >= 15 is 0 Å². The number of carbonyl (C=O) groups excluding carboxylic acids is 3. The van der Waals surface area contributed by atoms with E-state index in [9.17, 15) is 19.5 Å². The number of H-pyrrole nitrogens is 1. The van der Waals surface area contributed by atoms with Crippen molar-refractivity contribution in [3.8, 4) is 0 Å². The van der Waals surface area contributed by atoms with Crippen molar-refractivity contribution in [2.75, 3.05) is 11.9 Å². The number of aliphatic hydroxyl groups is 1.